The Hall–Kier alpha value is -2.28. The highest BCUT2D eigenvalue weighted by molar-refractivity contribution is 5.96. The van der Waals surface area contributed by atoms with Crippen LogP contribution in [-0.2, 0) is 4.79 Å². The minimum absolute atomic E-state index is 0.214. The van der Waals surface area contributed by atoms with Gasteiger partial charge < -0.3 is 19.9 Å². The molecular weight excluding hydrogens is 264 g/mol. The molecule has 7 heteroatoms. The number of nitrogens with one attached hydrogen (secondary N) is 2. The van der Waals surface area contributed by atoms with Crippen LogP contribution in [0, 0.1) is 0 Å². The van der Waals surface area contributed by atoms with Gasteiger partial charge in [-0.1, -0.05) is 0 Å². The van der Waals surface area contributed by atoms with Crippen LogP contribution < -0.4 is 20.1 Å². The van der Waals surface area contributed by atoms with Gasteiger partial charge >= 0.3 is 6.03 Å². The summed E-state index contributed by atoms with van der Waals surface area (Å²) in [6.07, 6.45) is -1.47. The molecule has 7 nitrogen and oxygen atoms in total. The van der Waals surface area contributed by atoms with Crippen LogP contribution in [0.5, 0.6) is 11.5 Å². The Morgan fingerprint density at radius 1 is 1.50 bits per heavy atom. The molecule has 1 heterocycles. The predicted octanol–water partition coefficient (Wildman–Crippen LogP) is 0.335. The Morgan fingerprint density at radius 3 is 2.95 bits per heavy atom. The quantitative estimate of drug-likeness (QED) is 0.741. The Balaban J connectivity index is 2.00. The summed E-state index contributed by atoms with van der Waals surface area (Å²) < 4.78 is 10.7. The Labute approximate surface area is 115 Å². The number of benzene rings is 1. The van der Waals surface area contributed by atoms with Crippen molar-refractivity contribution in [3.8, 4) is 11.5 Å². The number of hydrogen-bond acceptors (Lipinski definition) is 5. The van der Waals surface area contributed by atoms with E-state index in [1.54, 1.807) is 18.2 Å². The molecule has 2 rings (SSSR count). The number of carbonyl (C=O) groups excluding carboxylic acids is 2. The topological polar surface area (TPSA) is 96.9 Å². The first kappa shape index (κ1) is 14.1. The summed E-state index contributed by atoms with van der Waals surface area (Å²) in [5.74, 6) is 0.414. The summed E-state index contributed by atoms with van der Waals surface area (Å²) in [5, 5.41) is 14.0. The maximum atomic E-state index is 11.6. The highest BCUT2D eigenvalue weighted by Gasteiger charge is 2.23. The first-order valence-corrected chi connectivity index (χ1v) is 6.15. The molecule has 0 radical (unpaired) electrons. The van der Waals surface area contributed by atoms with Gasteiger partial charge in [-0.15, -0.1) is 0 Å². The number of rotatable bonds is 3. The molecule has 2 atom stereocenters. The van der Waals surface area contributed by atoms with Crippen molar-refractivity contribution in [3.63, 3.8) is 0 Å². The molecule has 0 fully saturated rings. The zero-order chi connectivity index (χ0) is 14.7. The van der Waals surface area contributed by atoms with Gasteiger partial charge in [0, 0.05) is 18.7 Å². The van der Waals surface area contributed by atoms with Gasteiger partial charge in [-0.3, -0.25) is 10.1 Å². The molecule has 108 valence electrons. The van der Waals surface area contributed by atoms with Gasteiger partial charge in [-0.2, -0.15) is 0 Å². The lowest BCUT2D eigenvalue weighted by atomic mass is 10.1. The number of aliphatic hydroxyl groups excluding tert-OH is 1. The predicted molar refractivity (Wildman–Crippen MR) is 69.6 cm³/mol. The third kappa shape index (κ3) is 3.00. The lowest BCUT2D eigenvalue weighted by Gasteiger charge is -2.14. The summed E-state index contributed by atoms with van der Waals surface area (Å²) in [7, 11) is 1.41. The van der Waals surface area contributed by atoms with Crippen LogP contribution in [0.3, 0.4) is 0 Å². The van der Waals surface area contributed by atoms with Gasteiger partial charge in [-0.05, 0) is 19.1 Å². The normalized spacial score (nSPS) is 17.6. The van der Waals surface area contributed by atoms with Crippen LogP contribution >= 0.6 is 0 Å². The first-order valence-electron chi connectivity index (χ1n) is 6.15. The van der Waals surface area contributed by atoms with Crippen LogP contribution in [0.25, 0.3) is 0 Å². The van der Waals surface area contributed by atoms with Gasteiger partial charge in [0.05, 0.1) is 0 Å². The second kappa shape index (κ2) is 5.79. The molecule has 0 bridgehead atoms. The van der Waals surface area contributed by atoms with E-state index in [0.29, 0.717) is 17.1 Å². The molecule has 0 aromatic heterocycles. The van der Waals surface area contributed by atoms with E-state index in [1.807, 2.05) is 0 Å². The summed E-state index contributed by atoms with van der Waals surface area (Å²) in [4.78, 5) is 22.7. The smallest absolute Gasteiger partial charge is 0.321 e. The highest BCUT2D eigenvalue weighted by Crippen LogP contribution is 2.35. The third-order valence-electron chi connectivity index (χ3n) is 2.89. The number of imide groups is 1. The fourth-order valence-electron chi connectivity index (χ4n) is 1.78. The average molecular weight is 280 g/mol. The Morgan fingerprint density at radius 2 is 2.25 bits per heavy atom. The van der Waals surface area contributed by atoms with Crippen molar-refractivity contribution in [1.29, 1.82) is 0 Å². The van der Waals surface area contributed by atoms with E-state index < -0.39 is 24.1 Å². The SMILES string of the molecule is CNC(=O)NC(=O)C(C)Oc1ccc2c(c1)OCC2O. The molecule has 3 amide bonds. The summed E-state index contributed by atoms with van der Waals surface area (Å²) >= 11 is 0. The highest BCUT2D eigenvalue weighted by atomic mass is 16.5. The minimum Gasteiger partial charge on any atom is -0.490 e. The lowest BCUT2D eigenvalue weighted by molar-refractivity contribution is -0.126. The zero-order valence-corrected chi connectivity index (χ0v) is 11.2. The molecule has 1 aromatic rings. The average Bonchev–Trinajstić information content (AvgIpc) is 2.79. The maximum absolute atomic E-state index is 11.6. The van der Waals surface area contributed by atoms with Crippen LogP contribution in [0.1, 0.15) is 18.6 Å². The van der Waals surface area contributed by atoms with Crippen LogP contribution in [-0.4, -0.2) is 36.8 Å². The monoisotopic (exact) mass is 280 g/mol. The second-order valence-corrected chi connectivity index (χ2v) is 4.35. The fourth-order valence-corrected chi connectivity index (χ4v) is 1.78. The maximum Gasteiger partial charge on any atom is 0.321 e. The number of hydrogen-bond donors (Lipinski definition) is 3. The second-order valence-electron chi connectivity index (χ2n) is 4.35. The Kier molecular flexibility index (Phi) is 4.09. The van der Waals surface area contributed by atoms with E-state index in [0.717, 1.165) is 0 Å². The fraction of sp³-hybridized carbons (Fsp3) is 0.385. The number of amides is 3. The van der Waals surface area contributed by atoms with Crippen molar-refractivity contribution < 1.29 is 24.2 Å². The zero-order valence-electron chi connectivity index (χ0n) is 11.2. The molecule has 0 saturated carbocycles. The van der Waals surface area contributed by atoms with Gasteiger partial charge in [0.25, 0.3) is 5.91 Å². The molecule has 3 N–H and O–H groups in total. The molecule has 20 heavy (non-hydrogen) atoms. The van der Waals surface area contributed by atoms with E-state index in [9.17, 15) is 14.7 Å². The standard InChI is InChI=1S/C13H16N2O5/c1-7(12(17)15-13(18)14-2)20-8-3-4-9-10(16)6-19-11(9)5-8/h3-5,7,10,16H,6H2,1-2H3,(H2,14,15,17,18). The molecule has 1 aliphatic rings. The van der Waals surface area contributed by atoms with Crippen molar-refractivity contribution >= 4 is 11.9 Å². The first-order chi connectivity index (χ1) is 9.51. The molecular formula is C13H16N2O5. The molecule has 1 aliphatic heterocycles. The van der Waals surface area contributed by atoms with Crippen LogP contribution in [0.4, 0.5) is 4.79 Å². The lowest BCUT2D eigenvalue weighted by Crippen LogP contribution is -2.43. The summed E-state index contributed by atoms with van der Waals surface area (Å²) in [6.45, 7) is 1.74. The Bertz CT molecular complexity index is 531. The number of carbonyl (C=O) groups is 2. The number of ether oxygens (including phenoxy) is 2. The molecule has 0 aliphatic carbocycles. The molecule has 1 aromatic carbocycles. The third-order valence-corrected chi connectivity index (χ3v) is 2.89. The van der Waals surface area contributed by atoms with Crippen LogP contribution in [0.15, 0.2) is 18.2 Å². The van der Waals surface area contributed by atoms with Crippen molar-refractivity contribution in [2.45, 2.75) is 19.1 Å². The van der Waals surface area contributed by atoms with Gasteiger partial charge in [0.15, 0.2) is 6.10 Å². The number of aliphatic hydroxyl groups is 1. The van der Waals surface area contributed by atoms with Crippen molar-refractivity contribution in [2.75, 3.05) is 13.7 Å². The van der Waals surface area contributed by atoms with Gasteiger partial charge in [0.2, 0.25) is 0 Å². The van der Waals surface area contributed by atoms with Crippen molar-refractivity contribution in [1.82, 2.24) is 10.6 Å². The van der Waals surface area contributed by atoms with E-state index in [4.69, 9.17) is 9.47 Å². The minimum atomic E-state index is -0.836. The summed E-state index contributed by atoms with van der Waals surface area (Å²) in [5.41, 5.74) is 0.694. The van der Waals surface area contributed by atoms with Crippen molar-refractivity contribution in [3.05, 3.63) is 23.8 Å². The number of urea groups is 1. The van der Waals surface area contributed by atoms with E-state index in [2.05, 4.69) is 10.6 Å². The van der Waals surface area contributed by atoms with E-state index in [1.165, 1.54) is 14.0 Å². The molecule has 0 spiro atoms. The molecule has 2 unspecified atom stereocenters. The summed E-state index contributed by atoms with van der Waals surface area (Å²) in [6, 6.07) is 4.34. The number of fused-ring (bicyclic) bond motifs is 1. The van der Waals surface area contributed by atoms with Crippen molar-refractivity contribution in [2.24, 2.45) is 0 Å². The largest absolute Gasteiger partial charge is 0.490 e. The van der Waals surface area contributed by atoms with Gasteiger partial charge in [0.1, 0.15) is 24.2 Å². The van der Waals surface area contributed by atoms with E-state index in [-0.39, 0.29) is 6.61 Å². The van der Waals surface area contributed by atoms with Gasteiger partial charge in [-0.25, -0.2) is 4.79 Å². The molecule has 0 saturated heterocycles. The van der Waals surface area contributed by atoms with E-state index >= 15 is 0 Å². The van der Waals surface area contributed by atoms with Crippen LogP contribution in [0.2, 0.25) is 0 Å².